The molecule has 2 heterocycles. The molecule has 0 saturated carbocycles. The number of rotatable bonds is 6. The number of amides is 1. The van der Waals surface area contributed by atoms with E-state index in [2.05, 4.69) is 26.5 Å². The monoisotopic (exact) mass is 341 g/mol. The van der Waals surface area contributed by atoms with Crippen molar-refractivity contribution in [1.82, 2.24) is 19.3 Å². The summed E-state index contributed by atoms with van der Waals surface area (Å²) in [6.07, 6.45) is 1.83. The quantitative estimate of drug-likeness (QED) is 0.553. The molecule has 1 N–H and O–H groups in total. The molecule has 0 saturated heterocycles. The molecule has 0 aliphatic carbocycles. The van der Waals surface area contributed by atoms with Crippen LogP contribution in [0, 0.1) is 6.92 Å². The van der Waals surface area contributed by atoms with Gasteiger partial charge in [-0.1, -0.05) is 30.0 Å². The van der Waals surface area contributed by atoms with Gasteiger partial charge < -0.3 is 9.88 Å². The van der Waals surface area contributed by atoms with Crippen LogP contribution in [0.1, 0.15) is 5.69 Å². The minimum atomic E-state index is -0.0831. The molecule has 24 heavy (non-hydrogen) atoms. The number of carbonyl (C=O) groups is 1. The highest BCUT2D eigenvalue weighted by molar-refractivity contribution is 7.99. The van der Waals surface area contributed by atoms with Crippen molar-refractivity contribution in [2.45, 2.75) is 18.6 Å². The molecule has 0 aliphatic rings. The van der Waals surface area contributed by atoms with Crippen LogP contribution in [0.3, 0.4) is 0 Å². The zero-order valence-electron chi connectivity index (χ0n) is 13.7. The van der Waals surface area contributed by atoms with Crippen LogP contribution in [0.25, 0.3) is 11.0 Å². The number of allylic oxidation sites excluding steroid dienone is 1. The molecule has 1 aromatic carbocycles. The number of fused-ring (bicyclic) bond motifs is 1. The summed E-state index contributed by atoms with van der Waals surface area (Å²) >= 11 is 1.42. The second kappa shape index (κ2) is 6.92. The van der Waals surface area contributed by atoms with Crippen LogP contribution >= 0.6 is 11.8 Å². The number of nitrogens with zero attached hydrogens (tertiary/aromatic N) is 4. The third-order valence-electron chi connectivity index (χ3n) is 3.53. The summed E-state index contributed by atoms with van der Waals surface area (Å²) < 4.78 is 3.72. The van der Waals surface area contributed by atoms with Crippen LogP contribution in [0.15, 0.2) is 48.1 Å². The molecule has 1 amide bonds. The van der Waals surface area contributed by atoms with Crippen molar-refractivity contribution in [3.63, 3.8) is 0 Å². The minimum Gasteiger partial charge on any atom is -0.315 e. The van der Waals surface area contributed by atoms with Gasteiger partial charge in [0.25, 0.3) is 0 Å². The second-order valence-electron chi connectivity index (χ2n) is 5.41. The summed E-state index contributed by atoms with van der Waals surface area (Å²) in [4.78, 5) is 16.8. The Hall–Kier alpha value is -2.54. The number of aromatic nitrogens is 4. The van der Waals surface area contributed by atoms with E-state index in [4.69, 9.17) is 0 Å². The first-order valence-corrected chi connectivity index (χ1v) is 8.56. The van der Waals surface area contributed by atoms with Crippen molar-refractivity contribution in [2.24, 2.45) is 7.05 Å². The van der Waals surface area contributed by atoms with E-state index in [0.29, 0.717) is 12.4 Å². The molecule has 0 unspecified atom stereocenters. The molecule has 0 aliphatic heterocycles. The van der Waals surface area contributed by atoms with Crippen LogP contribution in [0.4, 0.5) is 5.82 Å². The Morgan fingerprint density at radius 3 is 2.92 bits per heavy atom. The second-order valence-corrected chi connectivity index (χ2v) is 6.36. The van der Waals surface area contributed by atoms with Crippen molar-refractivity contribution < 1.29 is 4.79 Å². The fraction of sp³-hybridized carbons (Fsp3) is 0.235. The Labute approximate surface area is 144 Å². The molecule has 0 radical (unpaired) electrons. The van der Waals surface area contributed by atoms with Crippen molar-refractivity contribution in [3.8, 4) is 0 Å². The van der Waals surface area contributed by atoms with Gasteiger partial charge in [0, 0.05) is 19.7 Å². The normalized spacial score (nSPS) is 10.9. The highest BCUT2D eigenvalue weighted by atomic mass is 32.2. The lowest BCUT2D eigenvalue weighted by molar-refractivity contribution is -0.113. The van der Waals surface area contributed by atoms with Gasteiger partial charge in [-0.05, 0) is 19.1 Å². The molecule has 2 aromatic heterocycles. The maximum atomic E-state index is 12.2. The van der Waals surface area contributed by atoms with Gasteiger partial charge in [-0.25, -0.2) is 4.98 Å². The number of aryl methyl sites for hydroxylation is 2. The standard InChI is InChI=1S/C17H19N5OS/c1-4-9-22-14-8-6-5-7-13(14)18-17(22)24-11-16(23)19-15-10-12(2)20-21(15)3/h4-8,10H,1,9,11H2,2-3H3,(H,19,23). The molecule has 0 bridgehead atoms. The van der Waals surface area contributed by atoms with E-state index in [1.807, 2.05) is 43.3 Å². The van der Waals surface area contributed by atoms with E-state index in [9.17, 15) is 4.79 Å². The first-order chi connectivity index (χ1) is 11.6. The SMILES string of the molecule is C=CCn1c(SCC(=O)Nc2cc(C)nn2C)nc2ccccc21. The highest BCUT2D eigenvalue weighted by Crippen LogP contribution is 2.24. The number of anilines is 1. The lowest BCUT2D eigenvalue weighted by Gasteiger charge is -2.07. The summed E-state index contributed by atoms with van der Waals surface area (Å²) in [5.41, 5.74) is 2.83. The predicted molar refractivity (Wildman–Crippen MR) is 97.2 cm³/mol. The van der Waals surface area contributed by atoms with E-state index in [1.54, 1.807) is 11.7 Å². The summed E-state index contributed by atoms with van der Waals surface area (Å²) in [6, 6.07) is 9.77. The maximum absolute atomic E-state index is 12.2. The summed E-state index contributed by atoms with van der Waals surface area (Å²) in [5, 5.41) is 7.90. The van der Waals surface area contributed by atoms with E-state index >= 15 is 0 Å². The molecule has 0 spiro atoms. The molecule has 124 valence electrons. The predicted octanol–water partition coefficient (Wildman–Crippen LogP) is 3.00. The number of nitrogens with one attached hydrogen (secondary N) is 1. The highest BCUT2D eigenvalue weighted by Gasteiger charge is 2.13. The van der Waals surface area contributed by atoms with Gasteiger partial charge in [0.2, 0.25) is 5.91 Å². The molecule has 6 nitrogen and oxygen atoms in total. The van der Waals surface area contributed by atoms with Gasteiger partial charge in [0.1, 0.15) is 5.82 Å². The smallest absolute Gasteiger partial charge is 0.235 e. The zero-order chi connectivity index (χ0) is 17.1. The third-order valence-corrected chi connectivity index (χ3v) is 4.51. The maximum Gasteiger partial charge on any atom is 0.235 e. The van der Waals surface area contributed by atoms with Crippen molar-refractivity contribution in [2.75, 3.05) is 11.1 Å². The Balaban J connectivity index is 1.73. The Morgan fingerprint density at radius 2 is 2.21 bits per heavy atom. The number of benzene rings is 1. The lowest BCUT2D eigenvalue weighted by atomic mass is 10.3. The Kier molecular flexibility index (Phi) is 4.71. The summed E-state index contributed by atoms with van der Waals surface area (Å²) in [5.74, 6) is 0.892. The Morgan fingerprint density at radius 1 is 1.42 bits per heavy atom. The first-order valence-electron chi connectivity index (χ1n) is 7.58. The van der Waals surface area contributed by atoms with Gasteiger partial charge >= 0.3 is 0 Å². The number of carbonyl (C=O) groups excluding carboxylic acids is 1. The molecule has 3 aromatic rings. The van der Waals surface area contributed by atoms with Crippen LogP contribution in [-0.2, 0) is 18.4 Å². The average Bonchev–Trinajstić information content (AvgIpc) is 3.06. The van der Waals surface area contributed by atoms with Gasteiger partial charge in [-0.2, -0.15) is 5.10 Å². The number of hydrogen-bond acceptors (Lipinski definition) is 4. The number of para-hydroxylation sites is 2. The van der Waals surface area contributed by atoms with Gasteiger partial charge in [0.15, 0.2) is 5.16 Å². The fourth-order valence-electron chi connectivity index (χ4n) is 2.51. The van der Waals surface area contributed by atoms with Gasteiger partial charge in [0.05, 0.1) is 22.5 Å². The van der Waals surface area contributed by atoms with E-state index < -0.39 is 0 Å². The number of hydrogen-bond donors (Lipinski definition) is 1. The topological polar surface area (TPSA) is 64.7 Å². The third kappa shape index (κ3) is 3.35. The van der Waals surface area contributed by atoms with E-state index in [-0.39, 0.29) is 11.7 Å². The molecule has 7 heteroatoms. The fourth-order valence-corrected chi connectivity index (χ4v) is 3.33. The number of thioether (sulfide) groups is 1. The summed E-state index contributed by atoms with van der Waals surface area (Å²) in [7, 11) is 1.80. The van der Waals surface area contributed by atoms with Crippen LogP contribution in [-0.4, -0.2) is 31.0 Å². The Bertz CT molecular complexity index is 896. The summed E-state index contributed by atoms with van der Waals surface area (Å²) in [6.45, 7) is 6.35. The number of imidazole rings is 1. The van der Waals surface area contributed by atoms with E-state index in [0.717, 1.165) is 21.9 Å². The largest absolute Gasteiger partial charge is 0.315 e. The molecule has 3 rings (SSSR count). The van der Waals surface area contributed by atoms with Crippen LogP contribution in [0.5, 0.6) is 0 Å². The van der Waals surface area contributed by atoms with E-state index in [1.165, 1.54) is 11.8 Å². The van der Waals surface area contributed by atoms with Gasteiger partial charge in [-0.3, -0.25) is 9.48 Å². The van der Waals surface area contributed by atoms with Crippen LogP contribution in [0.2, 0.25) is 0 Å². The van der Waals surface area contributed by atoms with Crippen molar-refractivity contribution in [3.05, 3.63) is 48.7 Å². The van der Waals surface area contributed by atoms with Gasteiger partial charge in [-0.15, -0.1) is 6.58 Å². The van der Waals surface area contributed by atoms with Crippen LogP contribution < -0.4 is 5.32 Å². The zero-order valence-corrected chi connectivity index (χ0v) is 14.5. The molecule has 0 atom stereocenters. The van der Waals surface area contributed by atoms with Crippen molar-refractivity contribution in [1.29, 1.82) is 0 Å². The lowest BCUT2D eigenvalue weighted by Crippen LogP contribution is -2.16. The molecular formula is C17H19N5OS. The first kappa shape index (κ1) is 16.3. The molecule has 0 fully saturated rings. The average molecular weight is 341 g/mol. The van der Waals surface area contributed by atoms with Crippen molar-refractivity contribution >= 4 is 34.5 Å². The minimum absolute atomic E-state index is 0.0831. The molecular weight excluding hydrogens is 322 g/mol.